The van der Waals surface area contributed by atoms with Crippen LogP contribution < -0.4 is 10.6 Å². The quantitative estimate of drug-likeness (QED) is 0.372. The summed E-state index contributed by atoms with van der Waals surface area (Å²) in [6, 6.07) is 17.8. The van der Waals surface area contributed by atoms with Crippen LogP contribution in [0.25, 0.3) is 0 Å². The summed E-state index contributed by atoms with van der Waals surface area (Å²) in [5.74, 6) is -0.424. The Morgan fingerprint density at radius 3 is 2.45 bits per heavy atom. The third kappa shape index (κ3) is 5.27. The highest BCUT2D eigenvalue weighted by Gasteiger charge is 2.20. The molecule has 0 aliphatic heterocycles. The molecule has 2 aromatic heterocycles. The van der Waals surface area contributed by atoms with Gasteiger partial charge < -0.3 is 15.1 Å². The fraction of sp³-hybridized carbons (Fsp3) is 0.125. The molecule has 2 N–H and O–H groups in total. The topological polar surface area (TPSA) is 89.2 Å². The number of carbonyl (C=O) groups is 2. The summed E-state index contributed by atoms with van der Waals surface area (Å²) in [4.78, 5) is 24.8. The van der Waals surface area contributed by atoms with Gasteiger partial charge in [-0.3, -0.25) is 9.59 Å². The minimum Gasteiger partial charge on any atom is -0.459 e. The summed E-state index contributed by atoms with van der Waals surface area (Å²) >= 11 is 12.7. The Hall–Kier alpha value is -3.55. The normalized spacial score (nSPS) is 10.8. The van der Waals surface area contributed by atoms with Gasteiger partial charge in [0.05, 0.1) is 24.1 Å². The molecule has 33 heavy (non-hydrogen) atoms. The molecular weight excluding hydrogens is 463 g/mol. The Kier molecular flexibility index (Phi) is 6.82. The minimum absolute atomic E-state index is 0.230. The van der Waals surface area contributed by atoms with Crippen molar-refractivity contribution >= 4 is 40.7 Å². The van der Waals surface area contributed by atoms with Crippen LogP contribution in [-0.4, -0.2) is 21.6 Å². The average molecular weight is 483 g/mol. The van der Waals surface area contributed by atoms with Crippen LogP contribution in [0.5, 0.6) is 0 Å². The molecule has 0 unspecified atom stereocenters. The van der Waals surface area contributed by atoms with E-state index in [2.05, 4.69) is 15.7 Å². The van der Waals surface area contributed by atoms with Gasteiger partial charge in [0.25, 0.3) is 11.8 Å². The fourth-order valence-corrected chi connectivity index (χ4v) is 3.80. The number of furan rings is 1. The molecule has 0 saturated carbocycles. The maximum atomic E-state index is 12.8. The van der Waals surface area contributed by atoms with Gasteiger partial charge in [0.1, 0.15) is 5.15 Å². The Labute approximate surface area is 200 Å². The van der Waals surface area contributed by atoms with E-state index in [-0.39, 0.29) is 29.3 Å². The number of nitrogens with one attached hydrogen (secondary N) is 2. The third-order valence-electron chi connectivity index (χ3n) is 4.98. The lowest BCUT2D eigenvalue weighted by molar-refractivity contribution is 0.0949. The monoisotopic (exact) mass is 482 g/mol. The van der Waals surface area contributed by atoms with Crippen molar-refractivity contribution in [2.24, 2.45) is 0 Å². The Bertz CT molecular complexity index is 1280. The van der Waals surface area contributed by atoms with Crippen LogP contribution in [-0.2, 0) is 13.1 Å². The van der Waals surface area contributed by atoms with Gasteiger partial charge in [-0.15, -0.1) is 0 Å². The number of aryl methyl sites for hydroxylation is 1. The summed E-state index contributed by atoms with van der Waals surface area (Å²) in [6.45, 7) is 2.38. The van der Waals surface area contributed by atoms with Crippen molar-refractivity contribution in [2.45, 2.75) is 20.0 Å². The molecule has 2 amide bonds. The minimum atomic E-state index is -0.333. The number of aromatic nitrogens is 2. The molecule has 7 nitrogen and oxygen atoms in total. The zero-order valence-electron chi connectivity index (χ0n) is 17.6. The van der Waals surface area contributed by atoms with Crippen LogP contribution in [0.15, 0.2) is 71.3 Å². The lowest BCUT2D eigenvalue weighted by Gasteiger charge is -2.08. The molecule has 2 heterocycles. The number of anilines is 1. The number of halogens is 2. The second kappa shape index (κ2) is 9.94. The number of rotatable bonds is 7. The molecule has 0 saturated heterocycles. The fourth-order valence-electron chi connectivity index (χ4n) is 3.28. The predicted molar refractivity (Wildman–Crippen MR) is 127 cm³/mol. The number of nitrogens with zero attached hydrogens (tertiary/aromatic N) is 2. The second-order valence-electron chi connectivity index (χ2n) is 7.31. The lowest BCUT2D eigenvalue weighted by Crippen LogP contribution is -2.23. The molecule has 0 aliphatic carbocycles. The first-order chi connectivity index (χ1) is 15.9. The standard InChI is InChI=1S/C24H20Cl2N4O3/c1-15-21(22(26)30(29-15)14-17-5-2-3-6-19(17)25)24(32)27-13-16-8-10-18(11-9-16)28-23(31)20-7-4-12-33-20/h2-12H,13-14H2,1H3,(H,27,32)(H,28,31). The second-order valence-corrected chi connectivity index (χ2v) is 8.08. The average Bonchev–Trinajstić information content (AvgIpc) is 3.43. The first kappa shape index (κ1) is 22.6. The van der Waals surface area contributed by atoms with E-state index in [1.54, 1.807) is 41.9 Å². The zero-order valence-corrected chi connectivity index (χ0v) is 19.2. The summed E-state index contributed by atoms with van der Waals surface area (Å²) in [6.07, 6.45) is 1.44. The SMILES string of the molecule is Cc1nn(Cc2ccccc2Cl)c(Cl)c1C(=O)NCc1ccc(NC(=O)c2ccco2)cc1. The van der Waals surface area contributed by atoms with E-state index in [4.69, 9.17) is 27.6 Å². The molecule has 9 heteroatoms. The molecule has 0 atom stereocenters. The maximum Gasteiger partial charge on any atom is 0.291 e. The number of amides is 2. The highest BCUT2D eigenvalue weighted by atomic mass is 35.5. The van der Waals surface area contributed by atoms with Crippen molar-refractivity contribution in [1.29, 1.82) is 0 Å². The summed E-state index contributed by atoms with van der Waals surface area (Å²) in [7, 11) is 0. The molecule has 0 bridgehead atoms. The van der Waals surface area contributed by atoms with Crippen molar-refractivity contribution in [1.82, 2.24) is 15.1 Å². The first-order valence-corrected chi connectivity index (χ1v) is 10.9. The molecule has 4 aromatic rings. The number of benzene rings is 2. The zero-order chi connectivity index (χ0) is 23.4. The van der Waals surface area contributed by atoms with E-state index < -0.39 is 0 Å². The molecule has 0 fully saturated rings. The Balaban J connectivity index is 1.38. The van der Waals surface area contributed by atoms with Crippen molar-refractivity contribution in [3.63, 3.8) is 0 Å². The Morgan fingerprint density at radius 2 is 1.76 bits per heavy atom. The van der Waals surface area contributed by atoms with Gasteiger partial charge in [-0.25, -0.2) is 4.68 Å². The molecule has 0 aliphatic rings. The van der Waals surface area contributed by atoms with Crippen LogP contribution in [0.1, 0.15) is 37.7 Å². The predicted octanol–water partition coefficient (Wildman–Crippen LogP) is 5.32. The molecule has 0 radical (unpaired) electrons. The van der Waals surface area contributed by atoms with E-state index in [9.17, 15) is 9.59 Å². The van der Waals surface area contributed by atoms with Crippen molar-refractivity contribution in [3.05, 3.63) is 105 Å². The van der Waals surface area contributed by atoms with Gasteiger partial charge in [-0.05, 0) is 48.4 Å². The molecule has 4 rings (SSSR count). The van der Waals surface area contributed by atoms with E-state index in [1.165, 1.54) is 6.26 Å². The van der Waals surface area contributed by atoms with Gasteiger partial charge in [0.15, 0.2) is 5.76 Å². The van der Waals surface area contributed by atoms with Gasteiger partial charge in [-0.1, -0.05) is 53.5 Å². The highest BCUT2D eigenvalue weighted by Crippen LogP contribution is 2.23. The van der Waals surface area contributed by atoms with Gasteiger partial charge in [0, 0.05) is 17.3 Å². The van der Waals surface area contributed by atoms with Crippen LogP contribution in [0.4, 0.5) is 5.69 Å². The molecule has 0 spiro atoms. The van der Waals surface area contributed by atoms with Crippen LogP contribution in [0, 0.1) is 6.92 Å². The highest BCUT2D eigenvalue weighted by molar-refractivity contribution is 6.33. The van der Waals surface area contributed by atoms with E-state index >= 15 is 0 Å². The number of hydrogen-bond donors (Lipinski definition) is 2. The molecule has 168 valence electrons. The van der Waals surface area contributed by atoms with E-state index in [0.29, 0.717) is 28.5 Å². The Morgan fingerprint density at radius 1 is 1.00 bits per heavy atom. The van der Waals surface area contributed by atoms with Gasteiger partial charge in [-0.2, -0.15) is 5.10 Å². The van der Waals surface area contributed by atoms with Crippen LogP contribution >= 0.6 is 23.2 Å². The summed E-state index contributed by atoms with van der Waals surface area (Å²) < 4.78 is 6.63. The smallest absolute Gasteiger partial charge is 0.291 e. The van der Waals surface area contributed by atoms with E-state index in [0.717, 1.165) is 11.1 Å². The maximum absolute atomic E-state index is 12.8. The van der Waals surface area contributed by atoms with Crippen molar-refractivity contribution in [2.75, 3.05) is 5.32 Å². The van der Waals surface area contributed by atoms with Crippen molar-refractivity contribution < 1.29 is 14.0 Å². The first-order valence-electron chi connectivity index (χ1n) is 10.1. The lowest BCUT2D eigenvalue weighted by atomic mass is 10.2. The molecular formula is C24H20Cl2N4O3. The van der Waals surface area contributed by atoms with Gasteiger partial charge in [0.2, 0.25) is 0 Å². The van der Waals surface area contributed by atoms with Crippen LogP contribution in [0.3, 0.4) is 0 Å². The number of hydrogen-bond acceptors (Lipinski definition) is 4. The van der Waals surface area contributed by atoms with Crippen molar-refractivity contribution in [3.8, 4) is 0 Å². The largest absolute Gasteiger partial charge is 0.459 e. The third-order valence-corrected chi connectivity index (χ3v) is 5.73. The van der Waals surface area contributed by atoms with E-state index in [1.807, 2.05) is 30.3 Å². The summed E-state index contributed by atoms with van der Waals surface area (Å²) in [5.41, 5.74) is 3.18. The van der Waals surface area contributed by atoms with Crippen LogP contribution in [0.2, 0.25) is 10.2 Å². The van der Waals surface area contributed by atoms with Gasteiger partial charge >= 0.3 is 0 Å². The number of carbonyl (C=O) groups excluding carboxylic acids is 2. The molecule has 2 aromatic carbocycles. The summed E-state index contributed by atoms with van der Waals surface area (Å²) in [5, 5.41) is 10.9.